The largest absolute Gasteiger partial charge is 0.497 e. The van der Waals surface area contributed by atoms with Crippen molar-refractivity contribution in [1.29, 1.82) is 0 Å². The summed E-state index contributed by atoms with van der Waals surface area (Å²) in [5, 5.41) is 3.02. The van der Waals surface area contributed by atoms with E-state index in [0.29, 0.717) is 6.04 Å². The molecule has 0 radical (unpaired) electrons. The molecule has 0 aromatic heterocycles. The average molecular weight is 332 g/mol. The lowest BCUT2D eigenvalue weighted by molar-refractivity contribution is -0.120. The van der Waals surface area contributed by atoms with Crippen molar-refractivity contribution in [2.45, 2.75) is 31.3 Å². The average Bonchev–Trinajstić information content (AvgIpc) is 3.10. The van der Waals surface area contributed by atoms with Crippen LogP contribution >= 0.6 is 0 Å². The van der Waals surface area contributed by atoms with Gasteiger partial charge in [0.1, 0.15) is 5.75 Å². The Balaban J connectivity index is 1.47. The van der Waals surface area contributed by atoms with Gasteiger partial charge in [0.2, 0.25) is 5.91 Å². The van der Waals surface area contributed by atoms with Gasteiger partial charge in [0, 0.05) is 44.0 Å². The third kappa shape index (κ3) is 3.99. The molecule has 0 spiro atoms. The number of anilines is 1. The molecule has 2 aliphatic heterocycles. The Morgan fingerprint density at radius 3 is 2.54 bits per heavy atom. The summed E-state index contributed by atoms with van der Waals surface area (Å²) in [6.45, 7) is 4.26. The predicted octanol–water partition coefficient (Wildman–Crippen LogP) is 0.813. The number of nitrogens with two attached hydrogens (primary N) is 1. The lowest BCUT2D eigenvalue weighted by atomic mass is 10.0. The molecule has 2 aliphatic rings. The quantitative estimate of drug-likeness (QED) is 0.835. The fourth-order valence-corrected chi connectivity index (χ4v) is 3.81. The number of amides is 1. The number of carbonyl (C=O) groups is 1. The van der Waals surface area contributed by atoms with Gasteiger partial charge in [-0.15, -0.1) is 0 Å². The normalized spacial score (nSPS) is 22.6. The maximum Gasteiger partial charge on any atom is 0.233 e. The molecule has 1 aromatic carbocycles. The molecule has 3 rings (SSSR count). The molecule has 1 atom stereocenters. The number of methoxy groups -OCH3 is 1. The summed E-state index contributed by atoms with van der Waals surface area (Å²) in [5.41, 5.74) is 6.64. The van der Waals surface area contributed by atoms with Crippen LogP contribution in [0.15, 0.2) is 24.3 Å². The van der Waals surface area contributed by atoms with E-state index >= 15 is 0 Å². The van der Waals surface area contributed by atoms with Gasteiger partial charge in [-0.25, -0.2) is 0 Å². The highest BCUT2D eigenvalue weighted by atomic mass is 16.5. The molecule has 0 aliphatic carbocycles. The lowest BCUT2D eigenvalue weighted by Crippen LogP contribution is -2.46. The Labute approximate surface area is 143 Å². The van der Waals surface area contributed by atoms with Crippen molar-refractivity contribution in [2.75, 3.05) is 44.7 Å². The van der Waals surface area contributed by atoms with Crippen LogP contribution in [0, 0.1) is 0 Å². The van der Waals surface area contributed by atoms with Gasteiger partial charge in [-0.2, -0.15) is 0 Å². The third-order valence-corrected chi connectivity index (χ3v) is 5.19. The van der Waals surface area contributed by atoms with Crippen molar-refractivity contribution < 1.29 is 9.53 Å². The zero-order valence-corrected chi connectivity index (χ0v) is 14.4. The first-order valence-corrected chi connectivity index (χ1v) is 8.82. The van der Waals surface area contributed by atoms with Crippen molar-refractivity contribution in [3.8, 4) is 5.75 Å². The summed E-state index contributed by atoms with van der Waals surface area (Å²) >= 11 is 0. The van der Waals surface area contributed by atoms with E-state index in [2.05, 4.69) is 27.2 Å². The van der Waals surface area contributed by atoms with Gasteiger partial charge < -0.3 is 20.7 Å². The molecule has 6 nitrogen and oxygen atoms in total. The Bertz CT molecular complexity index is 540. The number of likely N-dealkylation sites (tertiary alicyclic amines) is 1. The van der Waals surface area contributed by atoms with Crippen LogP contribution < -0.4 is 20.7 Å². The van der Waals surface area contributed by atoms with Gasteiger partial charge in [0.25, 0.3) is 0 Å². The second-order valence-electron chi connectivity index (χ2n) is 6.67. The standard InChI is InChI=1S/C18H28N4O2/c1-24-17-4-2-15(3-5-17)21-10-7-16(8-11-21)22-9-6-14(13-22)20-18(23)12-19/h2-5,14,16H,6-13,19H2,1H3,(H,20,23)/t14-/m1/s1. The molecule has 0 saturated carbocycles. The number of ether oxygens (including phenoxy) is 1. The lowest BCUT2D eigenvalue weighted by Gasteiger charge is -2.38. The highest BCUT2D eigenvalue weighted by Crippen LogP contribution is 2.26. The smallest absolute Gasteiger partial charge is 0.233 e. The Kier molecular flexibility index (Phi) is 5.58. The third-order valence-electron chi connectivity index (χ3n) is 5.19. The number of rotatable bonds is 5. The van der Waals surface area contributed by atoms with Crippen molar-refractivity contribution in [2.24, 2.45) is 5.73 Å². The SMILES string of the molecule is COc1ccc(N2CCC(N3CC[C@@H](NC(=O)CN)C3)CC2)cc1. The van der Waals surface area contributed by atoms with Crippen LogP contribution in [0.25, 0.3) is 0 Å². The topological polar surface area (TPSA) is 70.8 Å². The zero-order valence-electron chi connectivity index (χ0n) is 14.4. The van der Waals surface area contributed by atoms with Crippen LogP contribution in [0.2, 0.25) is 0 Å². The number of benzene rings is 1. The van der Waals surface area contributed by atoms with Crippen LogP contribution in [0.5, 0.6) is 5.75 Å². The van der Waals surface area contributed by atoms with Gasteiger partial charge in [0.15, 0.2) is 0 Å². The molecule has 0 bridgehead atoms. The van der Waals surface area contributed by atoms with Gasteiger partial charge in [-0.3, -0.25) is 9.69 Å². The number of hydrogen-bond donors (Lipinski definition) is 2. The summed E-state index contributed by atoms with van der Waals surface area (Å²) in [6, 6.07) is 9.19. The van der Waals surface area contributed by atoms with E-state index in [-0.39, 0.29) is 18.5 Å². The second kappa shape index (κ2) is 7.85. The Morgan fingerprint density at radius 2 is 1.92 bits per heavy atom. The molecule has 6 heteroatoms. The summed E-state index contributed by atoms with van der Waals surface area (Å²) < 4.78 is 5.22. The molecule has 24 heavy (non-hydrogen) atoms. The van der Waals surface area contributed by atoms with E-state index in [1.807, 2.05) is 12.1 Å². The molecule has 2 heterocycles. The Morgan fingerprint density at radius 1 is 1.21 bits per heavy atom. The molecule has 132 valence electrons. The number of piperidine rings is 1. The predicted molar refractivity (Wildman–Crippen MR) is 95.4 cm³/mol. The van der Waals surface area contributed by atoms with E-state index in [0.717, 1.165) is 38.3 Å². The maximum absolute atomic E-state index is 11.4. The summed E-state index contributed by atoms with van der Waals surface area (Å²) in [5.74, 6) is 0.854. The van der Waals surface area contributed by atoms with Crippen molar-refractivity contribution in [3.63, 3.8) is 0 Å². The summed E-state index contributed by atoms with van der Waals surface area (Å²) in [4.78, 5) is 16.4. The molecule has 2 saturated heterocycles. The molecule has 1 amide bonds. The van der Waals surface area contributed by atoms with Crippen LogP contribution in [0.4, 0.5) is 5.69 Å². The fourth-order valence-electron chi connectivity index (χ4n) is 3.81. The van der Waals surface area contributed by atoms with E-state index in [4.69, 9.17) is 10.5 Å². The second-order valence-corrected chi connectivity index (χ2v) is 6.67. The van der Waals surface area contributed by atoms with Gasteiger partial charge in [0.05, 0.1) is 13.7 Å². The number of nitrogens with one attached hydrogen (secondary N) is 1. The Hall–Kier alpha value is -1.79. The van der Waals surface area contributed by atoms with Gasteiger partial charge in [-0.1, -0.05) is 0 Å². The first-order chi connectivity index (χ1) is 11.7. The minimum Gasteiger partial charge on any atom is -0.497 e. The van der Waals surface area contributed by atoms with Crippen molar-refractivity contribution in [3.05, 3.63) is 24.3 Å². The first kappa shape index (κ1) is 17.0. The minimum atomic E-state index is -0.0452. The molecular weight excluding hydrogens is 304 g/mol. The van der Waals surface area contributed by atoms with Crippen LogP contribution in [-0.2, 0) is 4.79 Å². The van der Waals surface area contributed by atoms with Crippen molar-refractivity contribution >= 4 is 11.6 Å². The number of carbonyl (C=O) groups excluding carboxylic acids is 1. The van der Waals surface area contributed by atoms with Gasteiger partial charge in [-0.05, 0) is 43.5 Å². The zero-order chi connectivity index (χ0) is 16.9. The van der Waals surface area contributed by atoms with E-state index in [9.17, 15) is 4.79 Å². The first-order valence-electron chi connectivity index (χ1n) is 8.82. The number of nitrogens with zero attached hydrogens (tertiary/aromatic N) is 2. The van der Waals surface area contributed by atoms with Crippen LogP contribution in [0.1, 0.15) is 19.3 Å². The number of hydrogen-bond acceptors (Lipinski definition) is 5. The van der Waals surface area contributed by atoms with Crippen molar-refractivity contribution in [1.82, 2.24) is 10.2 Å². The molecule has 0 unspecified atom stereocenters. The molecule has 2 fully saturated rings. The van der Waals surface area contributed by atoms with E-state index < -0.39 is 0 Å². The highest BCUT2D eigenvalue weighted by molar-refractivity contribution is 5.78. The maximum atomic E-state index is 11.4. The van der Waals surface area contributed by atoms with E-state index in [1.165, 1.54) is 18.5 Å². The molecule has 3 N–H and O–H groups in total. The molecule has 1 aromatic rings. The minimum absolute atomic E-state index is 0.0452. The highest BCUT2D eigenvalue weighted by Gasteiger charge is 2.31. The van der Waals surface area contributed by atoms with Crippen LogP contribution in [-0.4, -0.2) is 62.7 Å². The molecular formula is C18H28N4O2. The monoisotopic (exact) mass is 332 g/mol. The van der Waals surface area contributed by atoms with E-state index in [1.54, 1.807) is 7.11 Å². The van der Waals surface area contributed by atoms with Gasteiger partial charge >= 0.3 is 0 Å². The fraction of sp³-hybridized carbons (Fsp3) is 0.611. The van der Waals surface area contributed by atoms with Crippen LogP contribution in [0.3, 0.4) is 0 Å². The summed E-state index contributed by atoms with van der Waals surface area (Å²) in [6.07, 6.45) is 3.37. The summed E-state index contributed by atoms with van der Waals surface area (Å²) in [7, 11) is 1.69.